The van der Waals surface area contributed by atoms with Crippen molar-refractivity contribution in [1.29, 1.82) is 0 Å². The topological polar surface area (TPSA) is 88.1 Å². The number of benzene rings is 2. The van der Waals surface area contributed by atoms with Gasteiger partial charge in [-0.25, -0.2) is 9.59 Å². The second kappa shape index (κ2) is 10.7. The van der Waals surface area contributed by atoms with Gasteiger partial charge in [0.15, 0.2) is 6.61 Å². The molecular formula is C21H25ClN2O5. The molecule has 0 spiro atoms. The number of rotatable bonds is 6. The molecule has 7 nitrogen and oxygen atoms in total. The number of likely N-dealkylation sites (tertiary alicyclic amines) is 1. The van der Waals surface area contributed by atoms with Gasteiger partial charge >= 0.3 is 12.1 Å². The number of aliphatic carboxylic acids is 1. The van der Waals surface area contributed by atoms with E-state index in [2.05, 4.69) is 10.2 Å². The molecule has 2 aromatic carbocycles. The summed E-state index contributed by atoms with van der Waals surface area (Å²) in [6, 6.07) is 14.7. The predicted octanol–water partition coefficient (Wildman–Crippen LogP) is 3.88. The Hall–Kier alpha value is -2.77. The zero-order valence-electron chi connectivity index (χ0n) is 16.2. The van der Waals surface area contributed by atoms with Crippen LogP contribution in [0.3, 0.4) is 0 Å². The number of halogens is 1. The van der Waals surface area contributed by atoms with Crippen molar-refractivity contribution in [3.63, 3.8) is 0 Å². The van der Waals surface area contributed by atoms with Gasteiger partial charge in [0.2, 0.25) is 0 Å². The maximum atomic E-state index is 12.4. The van der Waals surface area contributed by atoms with Crippen molar-refractivity contribution in [2.24, 2.45) is 0 Å². The first-order valence-corrected chi connectivity index (χ1v) is 9.21. The molecule has 1 aliphatic rings. The van der Waals surface area contributed by atoms with Gasteiger partial charge in [-0.2, -0.15) is 0 Å². The van der Waals surface area contributed by atoms with Crippen molar-refractivity contribution < 1.29 is 24.2 Å². The minimum atomic E-state index is -1.07. The van der Waals surface area contributed by atoms with Crippen LogP contribution < -0.4 is 10.1 Å². The maximum Gasteiger partial charge on any atom is 0.411 e. The van der Waals surface area contributed by atoms with Crippen molar-refractivity contribution in [2.75, 3.05) is 32.1 Å². The lowest BCUT2D eigenvalue weighted by Crippen LogP contribution is -2.36. The minimum Gasteiger partial charge on any atom is -0.482 e. The van der Waals surface area contributed by atoms with Crippen LogP contribution in [0.2, 0.25) is 0 Å². The number of nitrogens with one attached hydrogen (secondary N) is 1. The molecule has 156 valence electrons. The first-order valence-electron chi connectivity index (χ1n) is 9.21. The average Bonchev–Trinajstić information content (AvgIpc) is 2.69. The van der Waals surface area contributed by atoms with Crippen LogP contribution in [0.15, 0.2) is 48.5 Å². The number of carboxylic acid groups (broad SMARTS) is 1. The van der Waals surface area contributed by atoms with E-state index in [-0.39, 0.29) is 18.5 Å². The lowest BCUT2D eigenvalue weighted by molar-refractivity contribution is -0.139. The Balaban J connectivity index is 0.00000300. The summed E-state index contributed by atoms with van der Waals surface area (Å²) in [7, 11) is 2.05. The van der Waals surface area contributed by atoms with E-state index in [0.29, 0.717) is 11.4 Å². The van der Waals surface area contributed by atoms with Gasteiger partial charge < -0.3 is 19.5 Å². The van der Waals surface area contributed by atoms with Crippen LogP contribution >= 0.6 is 12.4 Å². The zero-order valence-corrected chi connectivity index (χ0v) is 17.0. The summed E-state index contributed by atoms with van der Waals surface area (Å²) in [5.41, 5.74) is 2.22. The molecule has 1 fully saturated rings. The normalized spacial score (nSPS) is 14.5. The van der Waals surface area contributed by atoms with Crippen LogP contribution in [-0.4, -0.2) is 54.9 Å². The van der Waals surface area contributed by atoms with Crippen LogP contribution in [0, 0.1) is 0 Å². The second-order valence-electron chi connectivity index (χ2n) is 6.79. The highest BCUT2D eigenvalue weighted by molar-refractivity contribution is 5.92. The molecule has 0 bridgehead atoms. The Kier molecular flexibility index (Phi) is 8.30. The van der Waals surface area contributed by atoms with E-state index in [9.17, 15) is 9.59 Å². The third-order valence-corrected chi connectivity index (χ3v) is 4.61. The fraction of sp³-hybridized carbons (Fsp3) is 0.333. The van der Waals surface area contributed by atoms with E-state index < -0.39 is 18.7 Å². The summed E-state index contributed by atoms with van der Waals surface area (Å²) in [5, 5.41) is 11.6. The molecule has 0 unspecified atom stereocenters. The Bertz CT molecular complexity index is 823. The number of carboxylic acids is 1. The summed E-state index contributed by atoms with van der Waals surface area (Å²) in [5.74, 6) is -0.708. The van der Waals surface area contributed by atoms with Crippen LogP contribution in [0.25, 0.3) is 11.1 Å². The van der Waals surface area contributed by atoms with Gasteiger partial charge in [0.05, 0.1) is 5.69 Å². The molecule has 0 atom stereocenters. The van der Waals surface area contributed by atoms with Crippen LogP contribution in [0.4, 0.5) is 10.5 Å². The SMILES string of the molecule is CN1CCC(OC(=O)Nc2cc(OCC(=O)O)ccc2-c2ccccc2)CC1.Cl. The fourth-order valence-electron chi connectivity index (χ4n) is 3.12. The van der Waals surface area contributed by atoms with E-state index in [1.165, 1.54) is 0 Å². The highest BCUT2D eigenvalue weighted by atomic mass is 35.5. The Morgan fingerprint density at radius 3 is 2.48 bits per heavy atom. The molecule has 8 heteroatoms. The summed E-state index contributed by atoms with van der Waals surface area (Å²) >= 11 is 0. The number of hydrogen-bond acceptors (Lipinski definition) is 5. The number of amides is 1. The lowest BCUT2D eigenvalue weighted by Gasteiger charge is -2.28. The first kappa shape index (κ1) is 22.5. The molecule has 2 N–H and O–H groups in total. The number of carbonyl (C=O) groups excluding carboxylic acids is 1. The monoisotopic (exact) mass is 420 g/mol. The number of ether oxygens (including phenoxy) is 2. The number of nitrogens with zero attached hydrogens (tertiary/aromatic N) is 1. The quantitative estimate of drug-likeness (QED) is 0.737. The second-order valence-corrected chi connectivity index (χ2v) is 6.79. The number of hydrogen-bond donors (Lipinski definition) is 2. The molecule has 2 aromatic rings. The number of piperidine rings is 1. The molecule has 0 aliphatic carbocycles. The third-order valence-electron chi connectivity index (χ3n) is 4.61. The molecule has 0 aromatic heterocycles. The third kappa shape index (κ3) is 6.66. The summed E-state index contributed by atoms with van der Waals surface area (Å²) < 4.78 is 10.8. The van der Waals surface area contributed by atoms with Gasteiger partial charge in [-0.05, 0) is 37.6 Å². The highest BCUT2D eigenvalue weighted by Crippen LogP contribution is 2.32. The smallest absolute Gasteiger partial charge is 0.411 e. The molecule has 3 rings (SSSR count). The molecule has 29 heavy (non-hydrogen) atoms. The molecule has 1 saturated heterocycles. The van der Waals surface area contributed by atoms with E-state index in [4.69, 9.17) is 14.6 Å². The van der Waals surface area contributed by atoms with Gasteiger partial charge in [0, 0.05) is 24.7 Å². The Labute approximate surface area is 176 Å². The van der Waals surface area contributed by atoms with Gasteiger partial charge in [-0.3, -0.25) is 5.32 Å². The van der Waals surface area contributed by atoms with Crippen LogP contribution in [0.5, 0.6) is 5.75 Å². The van der Waals surface area contributed by atoms with E-state index in [0.717, 1.165) is 37.1 Å². The first-order chi connectivity index (χ1) is 13.5. The van der Waals surface area contributed by atoms with Gasteiger partial charge in [-0.1, -0.05) is 30.3 Å². The van der Waals surface area contributed by atoms with Gasteiger partial charge in [0.25, 0.3) is 0 Å². The zero-order chi connectivity index (χ0) is 19.9. The van der Waals surface area contributed by atoms with Gasteiger partial charge in [-0.15, -0.1) is 12.4 Å². The molecular weight excluding hydrogens is 396 g/mol. The van der Waals surface area contributed by atoms with Crippen molar-refractivity contribution in [3.8, 4) is 16.9 Å². The van der Waals surface area contributed by atoms with Crippen LogP contribution in [-0.2, 0) is 9.53 Å². The van der Waals surface area contributed by atoms with Crippen molar-refractivity contribution in [3.05, 3.63) is 48.5 Å². The largest absolute Gasteiger partial charge is 0.482 e. The summed E-state index contributed by atoms with van der Waals surface area (Å²) in [6.07, 6.45) is 0.971. The van der Waals surface area contributed by atoms with E-state index in [1.807, 2.05) is 37.4 Å². The van der Waals surface area contributed by atoms with Gasteiger partial charge in [0.1, 0.15) is 11.9 Å². The van der Waals surface area contributed by atoms with Crippen LogP contribution in [0.1, 0.15) is 12.8 Å². The Morgan fingerprint density at radius 1 is 1.14 bits per heavy atom. The number of carbonyl (C=O) groups is 2. The van der Waals surface area contributed by atoms with E-state index >= 15 is 0 Å². The molecule has 0 saturated carbocycles. The highest BCUT2D eigenvalue weighted by Gasteiger charge is 2.21. The molecule has 1 heterocycles. The summed E-state index contributed by atoms with van der Waals surface area (Å²) in [6.45, 7) is 1.33. The number of anilines is 1. The van der Waals surface area contributed by atoms with Crippen molar-refractivity contribution >= 4 is 30.2 Å². The van der Waals surface area contributed by atoms with E-state index in [1.54, 1.807) is 18.2 Å². The molecule has 1 aliphatic heterocycles. The maximum absolute atomic E-state index is 12.4. The fourth-order valence-corrected chi connectivity index (χ4v) is 3.12. The average molecular weight is 421 g/mol. The summed E-state index contributed by atoms with van der Waals surface area (Å²) in [4.78, 5) is 25.4. The lowest BCUT2D eigenvalue weighted by atomic mass is 10.0. The molecule has 0 radical (unpaired) electrons. The standard InChI is InChI=1S/C21H24N2O5.ClH/c1-23-11-9-16(10-12-23)28-21(26)22-19-13-17(27-14-20(24)25)7-8-18(19)15-5-3-2-4-6-15;/h2-8,13,16H,9-12,14H2,1H3,(H,22,26)(H,24,25);1H. The predicted molar refractivity (Wildman–Crippen MR) is 113 cm³/mol. The minimum absolute atomic E-state index is 0. The molecule has 1 amide bonds. The van der Waals surface area contributed by atoms with Crippen molar-refractivity contribution in [2.45, 2.75) is 18.9 Å². The van der Waals surface area contributed by atoms with Crippen molar-refractivity contribution in [1.82, 2.24) is 4.90 Å². The Morgan fingerprint density at radius 2 is 1.83 bits per heavy atom.